The van der Waals surface area contributed by atoms with E-state index < -0.39 is 0 Å². The molecule has 0 saturated heterocycles. The monoisotopic (exact) mass is 216 g/mol. The topological polar surface area (TPSA) is 78.7 Å². The highest BCUT2D eigenvalue weighted by molar-refractivity contribution is 5.92. The molecule has 0 aliphatic carbocycles. The van der Waals surface area contributed by atoms with Crippen LogP contribution in [0.1, 0.15) is 29.4 Å². The quantitative estimate of drug-likeness (QED) is 0.249. The summed E-state index contributed by atoms with van der Waals surface area (Å²) in [5.41, 5.74) is 9.44. The number of Topliss-reactive ketones (excluding diaryl/α,β-unsaturated/α-hetero) is 1. The van der Waals surface area contributed by atoms with Crippen molar-refractivity contribution in [3.63, 3.8) is 0 Å². The van der Waals surface area contributed by atoms with Gasteiger partial charge in [0.25, 0.3) is 0 Å². The van der Waals surface area contributed by atoms with E-state index in [1.165, 1.54) is 6.92 Å². The molecule has 0 radical (unpaired) electrons. The van der Waals surface area contributed by atoms with Gasteiger partial charge in [-0.05, 0) is 23.6 Å². The lowest BCUT2D eigenvalue weighted by atomic mass is 10.2. The maximum Gasteiger partial charge on any atom is 0.178 e. The lowest BCUT2D eigenvalue weighted by Gasteiger charge is -1.95. The Hall–Kier alpha value is -2.13. The molecule has 0 aliphatic heterocycles. The highest BCUT2D eigenvalue weighted by Gasteiger charge is 1.98. The largest absolute Gasteiger partial charge is 0.293 e. The van der Waals surface area contributed by atoms with Crippen LogP contribution in [0.2, 0.25) is 0 Å². The molecule has 0 amide bonds. The number of carbonyl (C=O) groups is 1. The summed E-state index contributed by atoms with van der Waals surface area (Å²) in [5, 5.41) is 3.41. The molecule has 0 bridgehead atoms. The van der Waals surface area contributed by atoms with Gasteiger partial charge in [0.15, 0.2) is 5.78 Å². The lowest BCUT2D eigenvalue weighted by molar-refractivity contribution is 0.101. The van der Waals surface area contributed by atoms with Crippen LogP contribution in [0, 0.1) is 0 Å². The van der Waals surface area contributed by atoms with Gasteiger partial charge in [0, 0.05) is 24.6 Å². The van der Waals surface area contributed by atoms with Crippen molar-refractivity contribution < 1.29 is 4.79 Å². The molecular formula is C11H12N4O. The summed E-state index contributed by atoms with van der Waals surface area (Å²) < 4.78 is 0. The van der Waals surface area contributed by atoms with Crippen LogP contribution < -0.4 is 0 Å². The molecule has 1 aromatic rings. The average molecular weight is 216 g/mol. The van der Waals surface area contributed by atoms with Crippen molar-refractivity contribution in [1.29, 1.82) is 0 Å². The van der Waals surface area contributed by atoms with E-state index in [4.69, 9.17) is 5.53 Å². The Morgan fingerprint density at radius 3 is 3.00 bits per heavy atom. The summed E-state index contributed by atoms with van der Waals surface area (Å²) in [7, 11) is 0. The van der Waals surface area contributed by atoms with Crippen LogP contribution in [0.25, 0.3) is 16.5 Å². The Morgan fingerprint density at radius 1 is 1.62 bits per heavy atom. The molecule has 1 rings (SSSR count). The smallest absolute Gasteiger partial charge is 0.178 e. The third kappa shape index (κ3) is 3.94. The van der Waals surface area contributed by atoms with Crippen molar-refractivity contribution in [1.82, 2.24) is 4.98 Å². The normalized spacial score (nSPS) is 10.1. The molecule has 1 aromatic heterocycles. The fraction of sp³-hybridized carbons (Fsp3) is 0.273. The minimum absolute atomic E-state index is 0.0427. The number of hydrogen-bond donors (Lipinski definition) is 0. The molecule has 5 nitrogen and oxygen atoms in total. The molecule has 5 heteroatoms. The second kappa shape index (κ2) is 6.37. The van der Waals surface area contributed by atoms with Gasteiger partial charge in [-0.25, -0.2) is 0 Å². The van der Waals surface area contributed by atoms with Crippen molar-refractivity contribution in [2.45, 2.75) is 13.3 Å². The van der Waals surface area contributed by atoms with E-state index in [1.54, 1.807) is 12.3 Å². The predicted molar refractivity (Wildman–Crippen MR) is 61.9 cm³/mol. The minimum Gasteiger partial charge on any atom is -0.293 e. The van der Waals surface area contributed by atoms with Crippen LogP contribution in [-0.2, 0) is 0 Å². The molecule has 82 valence electrons. The second-order valence-corrected chi connectivity index (χ2v) is 3.18. The Kier molecular flexibility index (Phi) is 4.76. The minimum atomic E-state index is -0.0427. The summed E-state index contributed by atoms with van der Waals surface area (Å²) in [6.07, 6.45) is 6.11. The molecule has 0 fully saturated rings. The first-order valence-corrected chi connectivity index (χ1v) is 4.88. The molecule has 0 N–H and O–H groups in total. The van der Waals surface area contributed by atoms with Gasteiger partial charge in [0.1, 0.15) is 5.69 Å². The molecule has 0 aliphatic rings. The fourth-order valence-corrected chi connectivity index (χ4v) is 1.11. The van der Waals surface area contributed by atoms with Gasteiger partial charge in [-0.15, -0.1) is 0 Å². The SMILES string of the molecule is CC(=O)c1ccc(C=CCCN=[N+]=[N-])cn1. The second-order valence-electron chi connectivity index (χ2n) is 3.18. The summed E-state index contributed by atoms with van der Waals surface area (Å²) in [4.78, 5) is 17.6. The van der Waals surface area contributed by atoms with Crippen molar-refractivity contribution in [3.8, 4) is 0 Å². The highest BCUT2D eigenvalue weighted by Crippen LogP contribution is 2.03. The summed E-state index contributed by atoms with van der Waals surface area (Å²) in [6.45, 7) is 1.93. The fourth-order valence-electron chi connectivity index (χ4n) is 1.11. The van der Waals surface area contributed by atoms with Crippen molar-refractivity contribution in [3.05, 3.63) is 46.1 Å². The van der Waals surface area contributed by atoms with Crippen molar-refractivity contribution >= 4 is 11.9 Å². The Bertz CT molecular complexity index is 430. The van der Waals surface area contributed by atoms with Crippen LogP contribution in [0.15, 0.2) is 29.5 Å². The highest BCUT2D eigenvalue weighted by atomic mass is 16.1. The molecule has 0 saturated carbocycles. The van der Waals surface area contributed by atoms with E-state index in [2.05, 4.69) is 15.0 Å². The lowest BCUT2D eigenvalue weighted by Crippen LogP contribution is -1.95. The maximum absolute atomic E-state index is 11.0. The molecule has 0 unspecified atom stereocenters. The van der Waals surface area contributed by atoms with E-state index in [0.717, 1.165) is 5.56 Å². The Balaban J connectivity index is 2.54. The first-order chi connectivity index (χ1) is 7.74. The Labute approximate surface area is 93.4 Å². The number of azide groups is 1. The standard InChI is InChI=1S/C11H12N4O/c1-9(16)11-6-5-10(8-13-11)4-2-3-7-14-15-12/h2,4-6,8H,3,7H2,1H3. The van der Waals surface area contributed by atoms with E-state index in [9.17, 15) is 4.79 Å². The third-order valence-electron chi connectivity index (χ3n) is 1.92. The zero-order chi connectivity index (χ0) is 11.8. The van der Waals surface area contributed by atoms with Gasteiger partial charge in [-0.1, -0.05) is 23.3 Å². The van der Waals surface area contributed by atoms with Crippen molar-refractivity contribution in [2.75, 3.05) is 6.54 Å². The molecular weight excluding hydrogens is 204 g/mol. The van der Waals surface area contributed by atoms with E-state index in [-0.39, 0.29) is 5.78 Å². The van der Waals surface area contributed by atoms with Crippen LogP contribution >= 0.6 is 0 Å². The summed E-state index contributed by atoms with van der Waals surface area (Å²) in [6, 6.07) is 3.52. The van der Waals surface area contributed by atoms with E-state index in [1.807, 2.05) is 18.2 Å². The number of hydrogen-bond acceptors (Lipinski definition) is 3. The van der Waals surface area contributed by atoms with Crippen LogP contribution in [0.3, 0.4) is 0 Å². The molecule has 16 heavy (non-hydrogen) atoms. The zero-order valence-corrected chi connectivity index (χ0v) is 9.00. The predicted octanol–water partition coefficient (Wildman–Crippen LogP) is 3.00. The number of carbonyl (C=O) groups excluding carboxylic acids is 1. The van der Waals surface area contributed by atoms with Gasteiger partial charge < -0.3 is 0 Å². The summed E-state index contributed by atoms with van der Waals surface area (Å²) in [5.74, 6) is -0.0427. The molecule has 1 heterocycles. The van der Waals surface area contributed by atoms with Crippen LogP contribution in [-0.4, -0.2) is 17.3 Å². The van der Waals surface area contributed by atoms with Crippen LogP contribution in [0.5, 0.6) is 0 Å². The van der Waals surface area contributed by atoms with Gasteiger partial charge >= 0.3 is 0 Å². The number of ketones is 1. The van der Waals surface area contributed by atoms with Gasteiger partial charge in [0.05, 0.1) is 0 Å². The average Bonchev–Trinajstić information content (AvgIpc) is 2.29. The maximum atomic E-state index is 11.0. The van der Waals surface area contributed by atoms with Gasteiger partial charge in [-0.3, -0.25) is 9.78 Å². The third-order valence-corrected chi connectivity index (χ3v) is 1.92. The number of nitrogens with zero attached hydrogens (tertiary/aromatic N) is 4. The number of pyridine rings is 1. The molecule has 0 aromatic carbocycles. The van der Waals surface area contributed by atoms with Gasteiger partial charge in [0.2, 0.25) is 0 Å². The zero-order valence-electron chi connectivity index (χ0n) is 9.00. The van der Waals surface area contributed by atoms with Crippen molar-refractivity contribution in [2.24, 2.45) is 5.11 Å². The summed E-state index contributed by atoms with van der Waals surface area (Å²) >= 11 is 0. The number of rotatable bonds is 5. The van der Waals surface area contributed by atoms with E-state index >= 15 is 0 Å². The van der Waals surface area contributed by atoms with Gasteiger partial charge in [-0.2, -0.15) is 0 Å². The number of aromatic nitrogens is 1. The Morgan fingerprint density at radius 2 is 2.44 bits per heavy atom. The molecule has 0 atom stereocenters. The first-order valence-electron chi connectivity index (χ1n) is 4.88. The first kappa shape index (κ1) is 11.9. The molecule has 0 spiro atoms. The van der Waals surface area contributed by atoms with E-state index in [0.29, 0.717) is 18.7 Å². The van der Waals surface area contributed by atoms with Crippen LogP contribution in [0.4, 0.5) is 0 Å².